The first-order valence-corrected chi connectivity index (χ1v) is 6.62. The molecule has 0 bridgehead atoms. The molecule has 1 heterocycles. The van der Waals surface area contributed by atoms with Gasteiger partial charge in [0.15, 0.2) is 0 Å². The predicted octanol–water partition coefficient (Wildman–Crippen LogP) is 1.95. The Balaban J connectivity index is 2.88. The van der Waals surface area contributed by atoms with Crippen molar-refractivity contribution in [3.8, 4) is 0 Å². The molecule has 4 nitrogen and oxygen atoms in total. The van der Waals surface area contributed by atoms with E-state index < -0.39 is 12.2 Å². The van der Waals surface area contributed by atoms with E-state index in [1.165, 1.54) is 0 Å². The lowest BCUT2D eigenvalue weighted by molar-refractivity contribution is -0.0440. The second-order valence-corrected chi connectivity index (χ2v) is 6.14. The van der Waals surface area contributed by atoms with Crippen LogP contribution in [0.5, 0.6) is 0 Å². The van der Waals surface area contributed by atoms with Crippen molar-refractivity contribution in [2.45, 2.75) is 52.7 Å². The maximum Gasteiger partial charge on any atom is 0.0859 e. The summed E-state index contributed by atoms with van der Waals surface area (Å²) in [5.41, 5.74) is 1.23. The SMILES string of the molecule is CCc1nn(C)c(CC(O)C(O)C(C)(C)C)c1Cl. The minimum atomic E-state index is -0.845. The zero-order valence-corrected chi connectivity index (χ0v) is 12.5. The van der Waals surface area contributed by atoms with Crippen LogP contribution in [0.15, 0.2) is 0 Å². The third-order valence-electron chi connectivity index (χ3n) is 3.16. The van der Waals surface area contributed by atoms with Crippen LogP contribution in [0.2, 0.25) is 5.02 Å². The summed E-state index contributed by atoms with van der Waals surface area (Å²) in [5, 5.41) is 25.0. The molecule has 1 aromatic heterocycles. The molecule has 18 heavy (non-hydrogen) atoms. The Morgan fingerprint density at radius 2 is 1.89 bits per heavy atom. The summed E-state index contributed by atoms with van der Waals surface area (Å²) in [5.74, 6) is 0. The van der Waals surface area contributed by atoms with E-state index in [4.69, 9.17) is 11.6 Å². The van der Waals surface area contributed by atoms with Crippen molar-refractivity contribution in [1.29, 1.82) is 0 Å². The van der Waals surface area contributed by atoms with Gasteiger partial charge in [0, 0.05) is 13.5 Å². The molecule has 0 aliphatic carbocycles. The molecular formula is C13H23ClN2O2. The molecule has 0 fully saturated rings. The normalized spacial score (nSPS) is 15.8. The summed E-state index contributed by atoms with van der Waals surface area (Å²) in [7, 11) is 1.80. The molecule has 0 radical (unpaired) electrons. The molecule has 0 amide bonds. The van der Waals surface area contributed by atoms with Crippen molar-refractivity contribution in [2.24, 2.45) is 12.5 Å². The molecule has 0 aromatic carbocycles. The van der Waals surface area contributed by atoms with Gasteiger partial charge < -0.3 is 10.2 Å². The quantitative estimate of drug-likeness (QED) is 0.882. The fourth-order valence-corrected chi connectivity index (χ4v) is 2.30. The Labute approximate surface area is 114 Å². The van der Waals surface area contributed by atoms with E-state index in [9.17, 15) is 10.2 Å². The smallest absolute Gasteiger partial charge is 0.0859 e. The van der Waals surface area contributed by atoms with Crippen molar-refractivity contribution < 1.29 is 10.2 Å². The van der Waals surface area contributed by atoms with Crippen molar-refractivity contribution in [1.82, 2.24) is 9.78 Å². The molecule has 0 aliphatic rings. The van der Waals surface area contributed by atoms with Crippen LogP contribution in [0, 0.1) is 5.41 Å². The Bertz CT molecular complexity index is 410. The molecule has 0 saturated carbocycles. The summed E-state index contributed by atoms with van der Waals surface area (Å²) < 4.78 is 1.68. The Morgan fingerprint density at radius 1 is 1.33 bits per heavy atom. The summed E-state index contributed by atoms with van der Waals surface area (Å²) in [6, 6.07) is 0. The topological polar surface area (TPSA) is 58.3 Å². The molecule has 5 heteroatoms. The maximum absolute atomic E-state index is 10.1. The molecule has 0 saturated heterocycles. The number of hydrogen-bond acceptors (Lipinski definition) is 3. The highest BCUT2D eigenvalue weighted by molar-refractivity contribution is 6.31. The van der Waals surface area contributed by atoms with Gasteiger partial charge in [0.25, 0.3) is 0 Å². The lowest BCUT2D eigenvalue weighted by atomic mass is 9.84. The number of hydrogen-bond donors (Lipinski definition) is 2. The van der Waals surface area contributed by atoms with Crippen LogP contribution in [0.4, 0.5) is 0 Å². The van der Waals surface area contributed by atoms with Gasteiger partial charge in [-0.3, -0.25) is 4.68 Å². The van der Waals surface area contributed by atoms with Crippen LogP contribution >= 0.6 is 11.6 Å². The van der Waals surface area contributed by atoms with E-state index in [0.717, 1.165) is 17.8 Å². The van der Waals surface area contributed by atoms with Crippen LogP contribution in [0.3, 0.4) is 0 Å². The van der Waals surface area contributed by atoms with E-state index in [1.54, 1.807) is 11.7 Å². The zero-order chi connectivity index (χ0) is 14.1. The second kappa shape index (κ2) is 5.59. The monoisotopic (exact) mass is 274 g/mol. The summed E-state index contributed by atoms with van der Waals surface area (Å²) >= 11 is 6.22. The van der Waals surface area contributed by atoms with Gasteiger partial charge in [0.1, 0.15) is 0 Å². The van der Waals surface area contributed by atoms with Gasteiger partial charge in [0.05, 0.1) is 28.6 Å². The van der Waals surface area contributed by atoms with Gasteiger partial charge in [-0.1, -0.05) is 39.3 Å². The average Bonchev–Trinajstić information content (AvgIpc) is 2.54. The highest BCUT2D eigenvalue weighted by Gasteiger charge is 2.30. The van der Waals surface area contributed by atoms with Crippen molar-refractivity contribution in [2.75, 3.05) is 0 Å². The fourth-order valence-electron chi connectivity index (χ4n) is 1.93. The molecule has 2 atom stereocenters. The summed E-state index contributed by atoms with van der Waals surface area (Å²) in [6.45, 7) is 7.66. The van der Waals surface area contributed by atoms with Crippen LogP contribution in [-0.2, 0) is 19.9 Å². The summed E-state index contributed by atoms with van der Waals surface area (Å²) in [4.78, 5) is 0. The number of aryl methyl sites for hydroxylation is 2. The van der Waals surface area contributed by atoms with Crippen molar-refractivity contribution in [3.05, 3.63) is 16.4 Å². The molecule has 0 spiro atoms. The minimum Gasteiger partial charge on any atom is -0.390 e. The van der Waals surface area contributed by atoms with Gasteiger partial charge in [0.2, 0.25) is 0 Å². The van der Waals surface area contributed by atoms with E-state index >= 15 is 0 Å². The van der Waals surface area contributed by atoms with Gasteiger partial charge >= 0.3 is 0 Å². The number of aromatic nitrogens is 2. The van der Waals surface area contributed by atoms with Crippen molar-refractivity contribution in [3.63, 3.8) is 0 Å². The van der Waals surface area contributed by atoms with Crippen LogP contribution in [0.25, 0.3) is 0 Å². The van der Waals surface area contributed by atoms with Gasteiger partial charge in [-0.05, 0) is 11.8 Å². The third kappa shape index (κ3) is 3.25. The first-order chi connectivity index (χ1) is 8.18. The largest absolute Gasteiger partial charge is 0.390 e. The van der Waals surface area contributed by atoms with E-state index in [-0.39, 0.29) is 5.41 Å². The maximum atomic E-state index is 10.1. The third-order valence-corrected chi connectivity index (χ3v) is 3.59. The highest BCUT2D eigenvalue weighted by atomic mass is 35.5. The van der Waals surface area contributed by atoms with Gasteiger partial charge in [-0.25, -0.2) is 0 Å². The average molecular weight is 275 g/mol. The van der Waals surface area contributed by atoms with Crippen LogP contribution in [-0.4, -0.2) is 32.2 Å². The lowest BCUT2D eigenvalue weighted by Crippen LogP contribution is -2.39. The lowest BCUT2D eigenvalue weighted by Gasteiger charge is -2.30. The number of halogens is 1. The zero-order valence-electron chi connectivity index (χ0n) is 11.7. The molecule has 104 valence electrons. The molecule has 2 unspecified atom stereocenters. The Hall–Kier alpha value is -0.580. The summed E-state index contributed by atoms with van der Waals surface area (Å²) in [6.07, 6.45) is -0.582. The first-order valence-electron chi connectivity index (χ1n) is 6.24. The first kappa shape index (κ1) is 15.5. The van der Waals surface area contributed by atoms with Gasteiger partial charge in [-0.15, -0.1) is 0 Å². The number of nitrogens with zero attached hydrogens (tertiary/aromatic N) is 2. The van der Waals surface area contributed by atoms with Crippen molar-refractivity contribution >= 4 is 11.6 Å². The Kier molecular flexibility index (Phi) is 4.81. The van der Waals surface area contributed by atoms with Crippen LogP contribution < -0.4 is 0 Å². The van der Waals surface area contributed by atoms with E-state index in [0.29, 0.717) is 11.4 Å². The fraction of sp³-hybridized carbons (Fsp3) is 0.769. The minimum absolute atomic E-state index is 0.306. The standard InChI is InChI=1S/C13H23ClN2O2/c1-6-8-11(14)9(16(5)15-8)7-10(17)12(18)13(2,3)4/h10,12,17-18H,6-7H2,1-5H3. The molecule has 2 N–H and O–H groups in total. The second-order valence-electron chi connectivity index (χ2n) is 5.77. The molecule has 1 aromatic rings. The molecule has 0 aliphatic heterocycles. The predicted molar refractivity (Wildman–Crippen MR) is 72.8 cm³/mol. The number of rotatable bonds is 4. The number of aliphatic hydroxyl groups excluding tert-OH is 2. The van der Waals surface area contributed by atoms with E-state index in [1.807, 2.05) is 27.7 Å². The van der Waals surface area contributed by atoms with E-state index in [2.05, 4.69) is 5.10 Å². The number of aliphatic hydroxyl groups is 2. The van der Waals surface area contributed by atoms with Gasteiger partial charge in [-0.2, -0.15) is 5.10 Å². The Morgan fingerprint density at radius 3 is 2.28 bits per heavy atom. The highest BCUT2D eigenvalue weighted by Crippen LogP contribution is 2.27. The van der Waals surface area contributed by atoms with Crippen LogP contribution in [0.1, 0.15) is 39.1 Å². The molecular weight excluding hydrogens is 252 g/mol. The molecule has 1 rings (SSSR count).